The van der Waals surface area contributed by atoms with E-state index >= 15 is 0 Å². The summed E-state index contributed by atoms with van der Waals surface area (Å²) < 4.78 is 28.8. The van der Waals surface area contributed by atoms with Crippen molar-refractivity contribution in [2.45, 2.75) is 42.7 Å². The van der Waals surface area contributed by atoms with Gasteiger partial charge < -0.3 is 5.11 Å². The van der Waals surface area contributed by atoms with E-state index in [-0.39, 0.29) is 22.5 Å². The molecule has 2 atom stereocenters. The van der Waals surface area contributed by atoms with Gasteiger partial charge in [0.25, 0.3) is 0 Å². The van der Waals surface area contributed by atoms with E-state index < -0.39 is 10.0 Å². The molecule has 2 aromatic rings. The summed E-state index contributed by atoms with van der Waals surface area (Å²) in [6.07, 6.45) is 3.04. The van der Waals surface area contributed by atoms with Crippen LogP contribution in [0.15, 0.2) is 28.6 Å². The third kappa shape index (κ3) is 1.95. The maximum Gasteiger partial charge on any atom is 0.240 e. The molecule has 112 valence electrons. The summed E-state index contributed by atoms with van der Waals surface area (Å²) in [6.45, 7) is 0. The number of aromatic nitrogens is 1. The van der Waals surface area contributed by atoms with Crippen molar-refractivity contribution in [3.8, 4) is 0 Å². The molecule has 2 saturated carbocycles. The zero-order valence-electron chi connectivity index (χ0n) is 11.3. The highest BCUT2D eigenvalue weighted by atomic mass is 32.2. The minimum Gasteiger partial charge on any atom is -0.392 e. The summed E-state index contributed by atoms with van der Waals surface area (Å²) in [5, 5.41) is 9.93. The zero-order chi connectivity index (χ0) is 14.7. The van der Waals surface area contributed by atoms with E-state index in [9.17, 15) is 13.5 Å². The Morgan fingerprint density at radius 1 is 1.38 bits per heavy atom. The number of aliphatic hydroxyl groups excluding tert-OH is 1. The van der Waals surface area contributed by atoms with Gasteiger partial charge in [-0.3, -0.25) is 0 Å². The molecule has 0 aliphatic heterocycles. The van der Waals surface area contributed by atoms with Gasteiger partial charge in [0.1, 0.15) is 0 Å². The summed E-state index contributed by atoms with van der Waals surface area (Å²) >= 11 is 1.49. The molecule has 1 aromatic carbocycles. The van der Waals surface area contributed by atoms with Crippen molar-refractivity contribution in [1.29, 1.82) is 0 Å². The molecule has 2 aliphatic carbocycles. The number of nitrogens with one attached hydrogen (secondary N) is 1. The third-order valence-corrected chi connectivity index (χ3v) is 7.29. The first kappa shape index (κ1) is 13.6. The molecule has 1 spiro atoms. The number of aliphatic hydroxyl groups is 1. The highest BCUT2D eigenvalue weighted by Gasteiger charge is 2.58. The van der Waals surface area contributed by atoms with Crippen LogP contribution in [0.3, 0.4) is 0 Å². The van der Waals surface area contributed by atoms with E-state index in [4.69, 9.17) is 0 Å². The van der Waals surface area contributed by atoms with E-state index in [1.54, 1.807) is 23.7 Å². The van der Waals surface area contributed by atoms with Crippen LogP contribution in [0.2, 0.25) is 0 Å². The van der Waals surface area contributed by atoms with Gasteiger partial charge in [0.2, 0.25) is 10.0 Å². The molecule has 5 nitrogen and oxygen atoms in total. The first-order valence-electron chi connectivity index (χ1n) is 7.05. The molecule has 0 saturated heterocycles. The van der Waals surface area contributed by atoms with Gasteiger partial charge in [0.05, 0.1) is 26.7 Å². The summed E-state index contributed by atoms with van der Waals surface area (Å²) in [4.78, 5) is 4.41. The predicted molar refractivity (Wildman–Crippen MR) is 80.6 cm³/mol. The monoisotopic (exact) mass is 324 g/mol. The van der Waals surface area contributed by atoms with E-state index in [1.165, 1.54) is 11.3 Å². The SMILES string of the molecule is O=S(=O)(NC1CC(O)C12CCC2)c1ccc2scnc2c1. The molecule has 1 heterocycles. The summed E-state index contributed by atoms with van der Waals surface area (Å²) in [6, 6.07) is 4.87. The zero-order valence-corrected chi connectivity index (χ0v) is 13.0. The van der Waals surface area contributed by atoms with Gasteiger partial charge in [-0.25, -0.2) is 18.1 Å². The van der Waals surface area contributed by atoms with Gasteiger partial charge in [-0.1, -0.05) is 6.42 Å². The molecule has 21 heavy (non-hydrogen) atoms. The fraction of sp³-hybridized carbons (Fsp3) is 0.500. The van der Waals surface area contributed by atoms with Crippen LogP contribution in [-0.4, -0.2) is 30.7 Å². The molecule has 2 N–H and O–H groups in total. The van der Waals surface area contributed by atoms with Gasteiger partial charge in [0.15, 0.2) is 0 Å². The van der Waals surface area contributed by atoms with Crippen LogP contribution in [-0.2, 0) is 10.0 Å². The van der Waals surface area contributed by atoms with Crippen LogP contribution in [0.5, 0.6) is 0 Å². The lowest BCUT2D eigenvalue weighted by atomic mass is 9.51. The van der Waals surface area contributed by atoms with Crippen LogP contribution >= 0.6 is 11.3 Å². The Hall–Kier alpha value is -1.02. The number of nitrogens with zero attached hydrogens (tertiary/aromatic N) is 1. The van der Waals surface area contributed by atoms with Gasteiger partial charge in [-0.15, -0.1) is 11.3 Å². The molecule has 0 radical (unpaired) electrons. The molecular formula is C14H16N2O3S2. The number of sulfonamides is 1. The van der Waals surface area contributed by atoms with E-state index in [1.807, 2.05) is 0 Å². The number of thiazole rings is 1. The second-order valence-electron chi connectivity index (χ2n) is 5.99. The van der Waals surface area contributed by atoms with Crippen molar-refractivity contribution in [2.24, 2.45) is 5.41 Å². The Morgan fingerprint density at radius 3 is 2.86 bits per heavy atom. The Labute approximate surface area is 127 Å². The Kier molecular flexibility index (Phi) is 2.91. The number of benzene rings is 1. The summed E-state index contributed by atoms with van der Waals surface area (Å²) in [5.74, 6) is 0. The average Bonchev–Trinajstić information content (AvgIpc) is 2.82. The molecule has 4 rings (SSSR count). The normalized spacial score (nSPS) is 27.5. The summed E-state index contributed by atoms with van der Waals surface area (Å²) in [7, 11) is -3.56. The number of hydrogen-bond acceptors (Lipinski definition) is 5. The Balaban J connectivity index is 1.61. The van der Waals surface area contributed by atoms with Crippen molar-refractivity contribution < 1.29 is 13.5 Å². The predicted octanol–water partition coefficient (Wildman–Crippen LogP) is 1.88. The van der Waals surface area contributed by atoms with Crippen LogP contribution in [0.1, 0.15) is 25.7 Å². The molecule has 2 aliphatic rings. The molecule has 1 aromatic heterocycles. The lowest BCUT2D eigenvalue weighted by molar-refractivity contribution is -0.138. The molecular weight excluding hydrogens is 308 g/mol. The minimum absolute atomic E-state index is 0.141. The van der Waals surface area contributed by atoms with Gasteiger partial charge in [0, 0.05) is 11.5 Å². The third-order valence-electron chi connectivity index (χ3n) is 5.01. The van der Waals surface area contributed by atoms with Gasteiger partial charge in [-0.05, 0) is 37.5 Å². The number of rotatable bonds is 3. The highest BCUT2D eigenvalue weighted by Crippen LogP contribution is 2.56. The van der Waals surface area contributed by atoms with E-state index in [2.05, 4.69) is 9.71 Å². The van der Waals surface area contributed by atoms with Crippen LogP contribution in [0.4, 0.5) is 0 Å². The maximum absolute atomic E-state index is 12.5. The lowest BCUT2D eigenvalue weighted by Gasteiger charge is -2.59. The largest absolute Gasteiger partial charge is 0.392 e. The molecule has 7 heteroatoms. The van der Waals surface area contributed by atoms with E-state index in [0.29, 0.717) is 11.9 Å². The topological polar surface area (TPSA) is 79.3 Å². The van der Waals surface area contributed by atoms with Crippen molar-refractivity contribution in [1.82, 2.24) is 9.71 Å². The molecule has 0 amide bonds. The van der Waals surface area contributed by atoms with E-state index in [0.717, 1.165) is 24.0 Å². The second-order valence-corrected chi connectivity index (χ2v) is 8.59. The minimum atomic E-state index is -3.56. The Bertz CT molecular complexity index is 795. The number of hydrogen-bond donors (Lipinski definition) is 2. The Morgan fingerprint density at radius 2 is 2.19 bits per heavy atom. The van der Waals surface area contributed by atoms with Crippen molar-refractivity contribution in [3.05, 3.63) is 23.7 Å². The van der Waals surface area contributed by atoms with Crippen LogP contribution in [0.25, 0.3) is 10.2 Å². The fourth-order valence-electron chi connectivity index (χ4n) is 3.46. The van der Waals surface area contributed by atoms with Crippen molar-refractivity contribution >= 4 is 31.6 Å². The lowest BCUT2D eigenvalue weighted by Crippen LogP contribution is -2.66. The first-order valence-corrected chi connectivity index (χ1v) is 9.41. The van der Waals surface area contributed by atoms with Crippen molar-refractivity contribution in [2.75, 3.05) is 0 Å². The first-order chi connectivity index (χ1) is 10.0. The smallest absolute Gasteiger partial charge is 0.240 e. The maximum atomic E-state index is 12.5. The van der Waals surface area contributed by atoms with Crippen molar-refractivity contribution in [3.63, 3.8) is 0 Å². The molecule has 2 unspecified atom stereocenters. The van der Waals surface area contributed by atoms with Crippen LogP contribution in [0, 0.1) is 5.41 Å². The quantitative estimate of drug-likeness (QED) is 0.903. The molecule has 2 fully saturated rings. The fourth-order valence-corrected chi connectivity index (χ4v) is 5.47. The summed E-state index contributed by atoms with van der Waals surface area (Å²) in [5.41, 5.74) is 2.20. The average molecular weight is 324 g/mol. The number of fused-ring (bicyclic) bond motifs is 1. The van der Waals surface area contributed by atoms with Crippen LogP contribution < -0.4 is 4.72 Å². The highest BCUT2D eigenvalue weighted by molar-refractivity contribution is 7.89. The molecule has 0 bridgehead atoms. The standard InChI is InChI=1S/C14H16N2O3S2/c17-13-7-12(14(13)4-1-5-14)16-21(18,19)9-2-3-11-10(6-9)15-8-20-11/h2-3,6,8,12-13,16-17H,1,4-5,7H2. The second kappa shape index (κ2) is 4.49. The van der Waals surface area contributed by atoms with Gasteiger partial charge in [-0.2, -0.15) is 0 Å². The van der Waals surface area contributed by atoms with Gasteiger partial charge >= 0.3 is 0 Å².